The molecule has 0 fully saturated rings. The van der Waals surface area contributed by atoms with Gasteiger partial charge >= 0.3 is 0 Å². The van der Waals surface area contributed by atoms with Gasteiger partial charge in [0.05, 0.1) is 10.6 Å². The number of hydrogen-bond acceptors (Lipinski definition) is 3. The zero-order valence-electron chi connectivity index (χ0n) is 17.1. The zero-order chi connectivity index (χ0) is 20.1. The number of hydrogen-bond donors (Lipinski definition) is 0. The Balaban J connectivity index is 2.19. The van der Waals surface area contributed by atoms with Gasteiger partial charge in [-0.25, -0.2) is 8.42 Å². The van der Waals surface area contributed by atoms with Crippen LogP contribution >= 0.6 is 0 Å². The molecule has 0 saturated heterocycles. The Labute approximate surface area is 165 Å². The minimum Gasteiger partial charge on any atom is -0.417 e. The normalized spacial score (nSPS) is 14.1. The van der Waals surface area contributed by atoms with Crippen molar-refractivity contribution in [1.29, 1.82) is 0 Å². The van der Waals surface area contributed by atoms with E-state index in [1.54, 1.807) is 24.3 Å². The van der Waals surface area contributed by atoms with Crippen molar-refractivity contribution in [2.24, 2.45) is 5.92 Å². The Morgan fingerprint density at radius 1 is 0.926 bits per heavy atom. The Morgan fingerprint density at radius 2 is 1.44 bits per heavy atom. The second-order valence-electron chi connectivity index (χ2n) is 8.72. The molecule has 1 atom stereocenters. The van der Waals surface area contributed by atoms with E-state index in [1.165, 1.54) is 0 Å². The summed E-state index contributed by atoms with van der Waals surface area (Å²) in [4.78, 5) is 0.385. The molecule has 0 aliphatic carbocycles. The third-order valence-electron chi connectivity index (χ3n) is 5.41. The molecule has 0 saturated carbocycles. The standard InChI is InChI=1S/C22H32O3SSi/c1-22(2,3)27(4,5)25-17-20(16-19-12-8-6-9-13-19)18-26(23,24)21-14-10-7-11-15-21/h6-15,20H,16-18H2,1-5H3/t20-/m1/s1. The van der Waals surface area contributed by atoms with Gasteiger partial charge in [0.25, 0.3) is 0 Å². The van der Waals surface area contributed by atoms with Gasteiger partial charge in [0.2, 0.25) is 0 Å². The first-order chi connectivity index (χ1) is 12.5. The SMILES string of the molecule is CC(C)(C)[Si](C)(C)OC[C@@H](Cc1ccccc1)CS(=O)(=O)c1ccccc1. The molecule has 0 aliphatic rings. The first kappa shape index (κ1) is 21.9. The number of rotatable bonds is 8. The zero-order valence-corrected chi connectivity index (χ0v) is 18.9. The van der Waals surface area contributed by atoms with Crippen molar-refractivity contribution in [1.82, 2.24) is 0 Å². The molecular weight excluding hydrogens is 372 g/mol. The van der Waals surface area contributed by atoms with Crippen molar-refractivity contribution in [2.75, 3.05) is 12.4 Å². The third-order valence-corrected chi connectivity index (χ3v) is 11.8. The number of benzene rings is 2. The summed E-state index contributed by atoms with van der Waals surface area (Å²) in [7, 11) is -5.28. The van der Waals surface area contributed by atoms with Gasteiger partial charge in [-0.15, -0.1) is 0 Å². The van der Waals surface area contributed by atoms with Crippen LogP contribution in [-0.2, 0) is 20.7 Å². The molecule has 5 heteroatoms. The van der Waals surface area contributed by atoms with Crippen LogP contribution in [0.5, 0.6) is 0 Å². The summed E-state index contributed by atoms with van der Waals surface area (Å²) in [6.45, 7) is 11.5. The van der Waals surface area contributed by atoms with E-state index in [0.29, 0.717) is 17.9 Å². The molecule has 0 aliphatic heterocycles. The molecule has 0 N–H and O–H groups in total. The van der Waals surface area contributed by atoms with Gasteiger partial charge < -0.3 is 4.43 Å². The van der Waals surface area contributed by atoms with E-state index in [2.05, 4.69) is 46.0 Å². The van der Waals surface area contributed by atoms with Crippen LogP contribution < -0.4 is 0 Å². The summed E-state index contributed by atoms with van der Waals surface area (Å²) in [5.74, 6) is 0.0206. The maximum Gasteiger partial charge on any atom is 0.191 e. The lowest BCUT2D eigenvalue weighted by atomic mass is 10.0. The van der Waals surface area contributed by atoms with Gasteiger partial charge in [0.15, 0.2) is 18.2 Å². The Hall–Kier alpha value is -1.43. The van der Waals surface area contributed by atoms with E-state index in [9.17, 15) is 8.42 Å². The quantitative estimate of drug-likeness (QED) is 0.558. The summed E-state index contributed by atoms with van der Waals surface area (Å²) < 4.78 is 32.2. The first-order valence-corrected chi connectivity index (χ1v) is 14.0. The molecule has 0 unspecified atom stereocenters. The van der Waals surface area contributed by atoms with E-state index < -0.39 is 18.2 Å². The van der Waals surface area contributed by atoms with Crippen molar-refractivity contribution >= 4 is 18.2 Å². The second kappa shape index (κ2) is 8.72. The van der Waals surface area contributed by atoms with Gasteiger partial charge in [0, 0.05) is 6.61 Å². The van der Waals surface area contributed by atoms with Crippen LogP contribution in [0.15, 0.2) is 65.6 Å². The van der Waals surface area contributed by atoms with Gasteiger partial charge in [-0.05, 0) is 48.2 Å². The summed E-state index contributed by atoms with van der Waals surface area (Å²) in [6.07, 6.45) is 0.696. The second-order valence-corrected chi connectivity index (χ2v) is 15.6. The minimum atomic E-state index is -3.35. The van der Waals surface area contributed by atoms with Crippen LogP contribution in [-0.4, -0.2) is 29.1 Å². The molecule has 27 heavy (non-hydrogen) atoms. The van der Waals surface area contributed by atoms with Crippen LogP contribution in [0.4, 0.5) is 0 Å². The van der Waals surface area contributed by atoms with Crippen LogP contribution in [0.2, 0.25) is 18.1 Å². The van der Waals surface area contributed by atoms with E-state index in [4.69, 9.17) is 4.43 Å². The van der Waals surface area contributed by atoms with E-state index in [1.807, 2.05) is 24.3 Å². The highest BCUT2D eigenvalue weighted by molar-refractivity contribution is 7.91. The molecule has 0 aromatic heterocycles. The average Bonchev–Trinajstić information content (AvgIpc) is 2.60. The van der Waals surface area contributed by atoms with E-state index in [-0.39, 0.29) is 16.7 Å². The largest absolute Gasteiger partial charge is 0.417 e. The Bertz CT molecular complexity index is 810. The predicted molar refractivity (Wildman–Crippen MR) is 115 cm³/mol. The van der Waals surface area contributed by atoms with Gasteiger partial charge in [-0.3, -0.25) is 0 Å². The van der Waals surface area contributed by atoms with Crippen molar-refractivity contribution in [3.05, 3.63) is 66.2 Å². The average molecular weight is 405 g/mol. The first-order valence-electron chi connectivity index (χ1n) is 9.47. The molecule has 2 rings (SSSR count). The molecule has 0 heterocycles. The fraction of sp³-hybridized carbons (Fsp3) is 0.455. The smallest absolute Gasteiger partial charge is 0.191 e. The molecule has 3 nitrogen and oxygen atoms in total. The highest BCUT2D eigenvalue weighted by Crippen LogP contribution is 2.37. The van der Waals surface area contributed by atoms with Crippen molar-refractivity contribution in [3.63, 3.8) is 0 Å². The molecular formula is C22H32O3SSi. The van der Waals surface area contributed by atoms with Crippen molar-refractivity contribution < 1.29 is 12.8 Å². The van der Waals surface area contributed by atoms with Crippen LogP contribution in [0.25, 0.3) is 0 Å². The topological polar surface area (TPSA) is 43.4 Å². The van der Waals surface area contributed by atoms with E-state index >= 15 is 0 Å². The molecule has 2 aromatic rings. The molecule has 2 aromatic carbocycles. The summed E-state index contributed by atoms with van der Waals surface area (Å²) >= 11 is 0. The van der Waals surface area contributed by atoms with Gasteiger partial charge in [0.1, 0.15) is 0 Å². The maximum atomic E-state index is 12.9. The highest BCUT2D eigenvalue weighted by atomic mass is 32.2. The van der Waals surface area contributed by atoms with Crippen molar-refractivity contribution in [2.45, 2.75) is 50.2 Å². The van der Waals surface area contributed by atoms with Crippen LogP contribution in [0, 0.1) is 5.92 Å². The van der Waals surface area contributed by atoms with Crippen LogP contribution in [0.1, 0.15) is 26.3 Å². The fourth-order valence-corrected chi connectivity index (χ4v) is 5.37. The molecule has 0 radical (unpaired) electrons. The van der Waals surface area contributed by atoms with Crippen molar-refractivity contribution in [3.8, 4) is 0 Å². The predicted octanol–water partition coefficient (Wildman–Crippen LogP) is 5.34. The van der Waals surface area contributed by atoms with Crippen LogP contribution in [0.3, 0.4) is 0 Å². The maximum absolute atomic E-state index is 12.9. The molecule has 148 valence electrons. The Kier molecular flexibility index (Phi) is 7.06. The molecule has 0 bridgehead atoms. The fourth-order valence-electron chi connectivity index (χ4n) is 2.69. The molecule has 0 spiro atoms. The monoisotopic (exact) mass is 404 g/mol. The number of sulfone groups is 1. The minimum absolute atomic E-state index is 0.0771. The van der Waals surface area contributed by atoms with E-state index in [0.717, 1.165) is 5.56 Å². The highest BCUT2D eigenvalue weighted by Gasteiger charge is 2.38. The summed E-state index contributed by atoms with van der Waals surface area (Å²) in [5.41, 5.74) is 1.14. The lowest BCUT2D eigenvalue weighted by Gasteiger charge is -2.37. The summed E-state index contributed by atoms with van der Waals surface area (Å²) in [5, 5.41) is 0.0998. The summed E-state index contributed by atoms with van der Waals surface area (Å²) in [6, 6.07) is 18.8. The Morgan fingerprint density at radius 3 is 1.96 bits per heavy atom. The lowest BCUT2D eigenvalue weighted by molar-refractivity contribution is 0.238. The third kappa shape index (κ3) is 6.30. The van der Waals surface area contributed by atoms with Gasteiger partial charge in [-0.1, -0.05) is 69.3 Å². The lowest BCUT2D eigenvalue weighted by Crippen LogP contribution is -2.42. The molecule has 0 amide bonds. The van der Waals surface area contributed by atoms with Gasteiger partial charge in [-0.2, -0.15) is 0 Å².